The van der Waals surface area contributed by atoms with Crippen molar-refractivity contribution in [2.24, 2.45) is 5.92 Å². The van der Waals surface area contributed by atoms with Crippen molar-refractivity contribution in [2.75, 3.05) is 12.4 Å². The van der Waals surface area contributed by atoms with Crippen LogP contribution in [-0.4, -0.2) is 35.2 Å². The molecular weight excluding hydrogens is 383 g/mol. The number of carbonyl (C=O) groups excluding carboxylic acids is 2. The van der Waals surface area contributed by atoms with Gasteiger partial charge in [0.1, 0.15) is 11.9 Å². The molecule has 1 fully saturated rings. The van der Waals surface area contributed by atoms with Crippen LogP contribution in [0.25, 0.3) is 0 Å². The van der Waals surface area contributed by atoms with E-state index < -0.39 is 6.04 Å². The number of unbranched alkanes of at least 4 members (excludes halogenated alkanes) is 1. The van der Waals surface area contributed by atoms with E-state index in [0.29, 0.717) is 17.5 Å². The normalized spacial score (nSPS) is 20.7. The summed E-state index contributed by atoms with van der Waals surface area (Å²) >= 11 is 11.9. The largest absolute Gasteiger partial charge is 0.351 e. The molecule has 1 aliphatic carbocycles. The second-order valence-electron chi connectivity index (χ2n) is 7.49. The molecule has 1 atom stereocenters. The first kappa shape index (κ1) is 22.0. The summed E-state index contributed by atoms with van der Waals surface area (Å²) in [5.74, 6) is 0.218. The summed E-state index contributed by atoms with van der Waals surface area (Å²) in [4.78, 5) is 27.4. The molecule has 1 aromatic carbocycles. The highest BCUT2D eigenvalue weighted by Gasteiger charge is 2.32. The molecule has 0 aliphatic heterocycles. The molecule has 2 rings (SSSR count). The predicted octanol–water partition coefficient (Wildman–Crippen LogP) is 4.94. The Kier molecular flexibility index (Phi) is 8.91. The van der Waals surface area contributed by atoms with Gasteiger partial charge < -0.3 is 10.2 Å². The standard InChI is InChI=1S/C21H30Cl2N2O2/c1-3-4-13-25(19(26)14-22)20(16-7-9-17(23)10-8-16)21(27)24-18-11-5-15(2)6-12-18/h7-10,15,18,20H,3-6,11-14H2,1-2H3,(H,24,27)/t15?,18?,20-/m0/s1. The fraction of sp³-hybridized carbons (Fsp3) is 0.619. The van der Waals surface area contributed by atoms with Crippen LogP contribution < -0.4 is 5.32 Å². The van der Waals surface area contributed by atoms with Gasteiger partial charge in [-0.3, -0.25) is 9.59 Å². The van der Waals surface area contributed by atoms with Crippen LogP contribution >= 0.6 is 23.2 Å². The summed E-state index contributed by atoms with van der Waals surface area (Å²) in [5, 5.41) is 3.78. The van der Waals surface area contributed by atoms with E-state index in [-0.39, 0.29) is 23.7 Å². The van der Waals surface area contributed by atoms with Crippen LogP contribution in [0.1, 0.15) is 64.0 Å². The molecule has 2 amide bonds. The lowest BCUT2D eigenvalue weighted by atomic mass is 9.87. The zero-order valence-corrected chi connectivity index (χ0v) is 17.7. The second kappa shape index (κ2) is 10.9. The maximum absolute atomic E-state index is 13.2. The Hall–Kier alpha value is -1.26. The van der Waals surface area contributed by atoms with Crippen LogP contribution in [0.2, 0.25) is 5.02 Å². The van der Waals surface area contributed by atoms with E-state index in [9.17, 15) is 9.59 Å². The lowest BCUT2D eigenvalue weighted by Crippen LogP contribution is -2.48. The van der Waals surface area contributed by atoms with Crippen LogP contribution in [0, 0.1) is 5.92 Å². The van der Waals surface area contributed by atoms with Gasteiger partial charge in [-0.05, 0) is 55.7 Å². The van der Waals surface area contributed by atoms with Gasteiger partial charge in [-0.25, -0.2) is 0 Å². The second-order valence-corrected chi connectivity index (χ2v) is 8.20. The summed E-state index contributed by atoms with van der Waals surface area (Å²) in [6.45, 7) is 4.81. The summed E-state index contributed by atoms with van der Waals surface area (Å²) < 4.78 is 0. The number of hydrogen-bond donors (Lipinski definition) is 1. The predicted molar refractivity (Wildman–Crippen MR) is 111 cm³/mol. The smallest absolute Gasteiger partial charge is 0.247 e. The SMILES string of the molecule is CCCCN(C(=O)CCl)[C@H](C(=O)NC1CCC(C)CC1)c1ccc(Cl)cc1. The summed E-state index contributed by atoms with van der Waals surface area (Å²) in [6, 6.07) is 6.62. The first-order valence-corrected chi connectivity index (χ1v) is 10.8. The van der Waals surface area contributed by atoms with E-state index >= 15 is 0 Å². The van der Waals surface area contributed by atoms with Crippen LogP contribution in [0.15, 0.2) is 24.3 Å². The molecule has 1 N–H and O–H groups in total. The van der Waals surface area contributed by atoms with Crippen molar-refractivity contribution in [1.82, 2.24) is 10.2 Å². The monoisotopic (exact) mass is 412 g/mol. The Morgan fingerprint density at radius 2 is 1.81 bits per heavy atom. The molecule has 0 unspecified atom stereocenters. The van der Waals surface area contributed by atoms with Crippen LogP contribution in [0.5, 0.6) is 0 Å². The fourth-order valence-corrected chi connectivity index (χ4v) is 3.88. The number of hydrogen-bond acceptors (Lipinski definition) is 2. The molecule has 1 saturated carbocycles. The average molecular weight is 413 g/mol. The van der Waals surface area contributed by atoms with Gasteiger partial charge in [0.2, 0.25) is 11.8 Å². The zero-order chi connectivity index (χ0) is 19.8. The van der Waals surface area contributed by atoms with Gasteiger partial charge in [-0.1, -0.05) is 44.0 Å². The van der Waals surface area contributed by atoms with Crippen molar-refractivity contribution in [3.05, 3.63) is 34.9 Å². The van der Waals surface area contributed by atoms with Gasteiger partial charge >= 0.3 is 0 Å². The van der Waals surface area contributed by atoms with Crippen LogP contribution in [0.4, 0.5) is 0 Å². The highest BCUT2D eigenvalue weighted by molar-refractivity contribution is 6.30. The molecule has 0 aromatic heterocycles. The van der Waals surface area contributed by atoms with Crippen molar-refractivity contribution in [3.63, 3.8) is 0 Å². The molecule has 150 valence electrons. The molecule has 0 bridgehead atoms. The Labute approximate surface area is 172 Å². The third-order valence-electron chi connectivity index (χ3n) is 5.30. The molecule has 4 nitrogen and oxygen atoms in total. The number of carbonyl (C=O) groups is 2. The highest BCUT2D eigenvalue weighted by atomic mass is 35.5. The highest BCUT2D eigenvalue weighted by Crippen LogP contribution is 2.27. The first-order chi connectivity index (χ1) is 13.0. The zero-order valence-electron chi connectivity index (χ0n) is 16.2. The van der Waals surface area contributed by atoms with E-state index in [0.717, 1.165) is 44.1 Å². The number of alkyl halides is 1. The van der Waals surface area contributed by atoms with Gasteiger partial charge in [-0.2, -0.15) is 0 Å². The van der Waals surface area contributed by atoms with Crippen LogP contribution in [0.3, 0.4) is 0 Å². The minimum atomic E-state index is -0.681. The minimum absolute atomic E-state index is 0.133. The number of nitrogens with one attached hydrogen (secondary N) is 1. The Balaban J connectivity index is 2.25. The lowest BCUT2D eigenvalue weighted by Gasteiger charge is -2.34. The van der Waals surface area contributed by atoms with Crippen molar-refractivity contribution < 1.29 is 9.59 Å². The molecule has 0 saturated heterocycles. The number of halogens is 2. The Bertz CT molecular complexity index is 613. The maximum atomic E-state index is 13.2. The van der Waals surface area contributed by atoms with E-state index in [2.05, 4.69) is 19.2 Å². The summed E-state index contributed by atoms with van der Waals surface area (Å²) in [6.07, 6.45) is 5.97. The lowest BCUT2D eigenvalue weighted by molar-refractivity contribution is -0.139. The molecular formula is C21H30Cl2N2O2. The summed E-state index contributed by atoms with van der Waals surface area (Å²) in [5.41, 5.74) is 0.760. The van der Waals surface area contributed by atoms with Crippen molar-refractivity contribution in [3.8, 4) is 0 Å². The van der Waals surface area contributed by atoms with E-state index in [1.54, 1.807) is 17.0 Å². The molecule has 1 aliphatic rings. The third kappa shape index (κ3) is 6.39. The van der Waals surface area contributed by atoms with Gasteiger partial charge in [0.15, 0.2) is 0 Å². The molecule has 0 spiro atoms. The number of rotatable bonds is 8. The molecule has 27 heavy (non-hydrogen) atoms. The van der Waals surface area contributed by atoms with Gasteiger partial charge in [0.25, 0.3) is 0 Å². The minimum Gasteiger partial charge on any atom is -0.351 e. The average Bonchev–Trinajstić information content (AvgIpc) is 2.67. The number of nitrogens with zero attached hydrogens (tertiary/aromatic N) is 1. The van der Waals surface area contributed by atoms with Crippen LogP contribution in [-0.2, 0) is 9.59 Å². The summed E-state index contributed by atoms with van der Waals surface area (Å²) in [7, 11) is 0. The first-order valence-electron chi connectivity index (χ1n) is 9.87. The van der Waals surface area contributed by atoms with Crippen molar-refractivity contribution >= 4 is 35.0 Å². The van der Waals surface area contributed by atoms with Crippen molar-refractivity contribution in [2.45, 2.75) is 64.5 Å². The third-order valence-corrected chi connectivity index (χ3v) is 5.78. The number of benzene rings is 1. The maximum Gasteiger partial charge on any atom is 0.247 e. The van der Waals surface area contributed by atoms with Crippen molar-refractivity contribution in [1.29, 1.82) is 0 Å². The Morgan fingerprint density at radius 1 is 1.19 bits per heavy atom. The van der Waals surface area contributed by atoms with Gasteiger partial charge in [0.05, 0.1) is 0 Å². The van der Waals surface area contributed by atoms with E-state index in [1.807, 2.05) is 12.1 Å². The quantitative estimate of drug-likeness (QED) is 0.614. The topological polar surface area (TPSA) is 49.4 Å². The number of amides is 2. The van der Waals surface area contributed by atoms with Gasteiger partial charge in [0, 0.05) is 17.6 Å². The van der Waals surface area contributed by atoms with E-state index in [1.165, 1.54) is 0 Å². The fourth-order valence-electron chi connectivity index (χ4n) is 3.61. The molecule has 0 radical (unpaired) electrons. The van der Waals surface area contributed by atoms with E-state index in [4.69, 9.17) is 23.2 Å². The molecule has 1 aromatic rings. The molecule has 6 heteroatoms. The van der Waals surface area contributed by atoms with Gasteiger partial charge in [-0.15, -0.1) is 11.6 Å². The Morgan fingerprint density at radius 3 is 2.37 bits per heavy atom. The molecule has 0 heterocycles.